The fourth-order valence-corrected chi connectivity index (χ4v) is 2.89. The zero-order valence-corrected chi connectivity index (χ0v) is 11.2. The normalized spacial score (nSPS) is 23.7. The van der Waals surface area contributed by atoms with E-state index in [1.807, 2.05) is 0 Å². The predicted octanol–water partition coefficient (Wildman–Crippen LogP) is 2.76. The summed E-state index contributed by atoms with van der Waals surface area (Å²) in [5.74, 6) is 0.785. The number of benzene rings is 1. The average Bonchev–Trinajstić information content (AvgIpc) is 2.33. The topological polar surface area (TPSA) is 15.3 Å². The minimum Gasteiger partial charge on any atom is -0.371 e. The van der Waals surface area contributed by atoms with Crippen molar-refractivity contribution in [2.45, 2.75) is 20.3 Å². The van der Waals surface area contributed by atoms with Crippen LogP contribution in [-0.4, -0.2) is 26.7 Å². The maximum atomic E-state index is 3.33. The summed E-state index contributed by atoms with van der Waals surface area (Å²) in [5, 5.41) is 3.33. The molecule has 94 valence electrons. The summed E-state index contributed by atoms with van der Waals surface area (Å²) >= 11 is 0. The molecule has 1 saturated heterocycles. The first kappa shape index (κ1) is 12.4. The lowest BCUT2D eigenvalue weighted by atomic mass is 9.73. The van der Waals surface area contributed by atoms with Gasteiger partial charge in [0.05, 0.1) is 0 Å². The Labute approximate surface area is 105 Å². The van der Waals surface area contributed by atoms with Gasteiger partial charge in [0.25, 0.3) is 0 Å². The zero-order chi connectivity index (χ0) is 12.3. The standard InChI is InChI=1S/C15H24N2/c1-15(2)12-17(10-9-13(15)11-16-3)14-7-5-4-6-8-14/h4-8,13,16H,9-12H2,1-3H3. The highest BCUT2D eigenvalue weighted by Gasteiger charge is 2.35. The van der Waals surface area contributed by atoms with Crippen LogP contribution in [0.2, 0.25) is 0 Å². The molecule has 2 rings (SSSR count). The number of hydrogen-bond acceptors (Lipinski definition) is 2. The summed E-state index contributed by atoms with van der Waals surface area (Å²) < 4.78 is 0. The van der Waals surface area contributed by atoms with Crippen molar-refractivity contribution in [1.82, 2.24) is 5.32 Å². The van der Waals surface area contributed by atoms with Crippen LogP contribution >= 0.6 is 0 Å². The molecule has 0 bridgehead atoms. The van der Waals surface area contributed by atoms with E-state index >= 15 is 0 Å². The maximum absolute atomic E-state index is 3.33. The first-order valence-corrected chi connectivity index (χ1v) is 6.58. The van der Waals surface area contributed by atoms with Gasteiger partial charge in [-0.1, -0.05) is 32.0 Å². The van der Waals surface area contributed by atoms with Gasteiger partial charge in [-0.3, -0.25) is 0 Å². The number of nitrogens with one attached hydrogen (secondary N) is 1. The Balaban J connectivity index is 2.07. The number of anilines is 1. The first-order valence-electron chi connectivity index (χ1n) is 6.58. The van der Waals surface area contributed by atoms with E-state index in [0.717, 1.165) is 19.0 Å². The average molecular weight is 232 g/mol. The van der Waals surface area contributed by atoms with E-state index in [0.29, 0.717) is 5.41 Å². The molecule has 0 aliphatic carbocycles. The summed E-state index contributed by atoms with van der Waals surface area (Å²) in [4.78, 5) is 2.52. The molecule has 1 aliphatic heterocycles. The van der Waals surface area contributed by atoms with Gasteiger partial charge in [-0.15, -0.1) is 0 Å². The van der Waals surface area contributed by atoms with Gasteiger partial charge in [0.2, 0.25) is 0 Å². The predicted molar refractivity (Wildman–Crippen MR) is 74.5 cm³/mol. The molecule has 0 spiro atoms. The second kappa shape index (κ2) is 5.09. The van der Waals surface area contributed by atoms with Gasteiger partial charge in [-0.2, -0.15) is 0 Å². The smallest absolute Gasteiger partial charge is 0.0366 e. The quantitative estimate of drug-likeness (QED) is 0.862. The highest BCUT2D eigenvalue weighted by atomic mass is 15.1. The summed E-state index contributed by atoms with van der Waals surface area (Å²) in [5.41, 5.74) is 1.75. The monoisotopic (exact) mass is 232 g/mol. The van der Waals surface area contributed by atoms with Crippen LogP contribution in [0.15, 0.2) is 30.3 Å². The molecule has 17 heavy (non-hydrogen) atoms. The molecular weight excluding hydrogens is 208 g/mol. The van der Waals surface area contributed by atoms with Crippen molar-refractivity contribution < 1.29 is 0 Å². The Morgan fingerprint density at radius 3 is 2.59 bits per heavy atom. The SMILES string of the molecule is CNCC1CCN(c2ccccc2)CC1(C)C. The first-order chi connectivity index (χ1) is 8.13. The van der Waals surface area contributed by atoms with E-state index in [1.54, 1.807) is 0 Å². The van der Waals surface area contributed by atoms with E-state index in [4.69, 9.17) is 0 Å². The van der Waals surface area contributed by atoms with Crippen molar-refractivity contribution in [3.05, 3.63) is 30.3 Å². The Morgan fingerprint density at radius 2 is 2.00 bits per heavy atom. The molecule has 1 aromatic carbocycles. The lowest BCUT2D eigenvalue weighted by molar-refractivity contribution is 0.174. The Bertz CT molecular complexity index is 345. The molecule has 1 aromatic rings. The Hall–Kier alpha value is -1.02. The van der Waals surface area contributed by atoms with Crippen LogP contribution in [-0.2, 0) is 0 Å². The maximum Gasteiger partial charge on any atom is 0.0366 e. The van der Waals surface area contributed by atoms with Gasteiger partial charge in [0.15, 0.2) is 0 Å². The molecule has 1 aliphatic rings. The third-order valence-corrected chi connectivity index (χ3v) is 4.02. The van der Waals surface area contributed by atoms with Gasteiger partial charge in [-0.05, 0) is 43.5 Å². The molecule has 1 N–H and O–H groups in total. The lowest BCUT2D eigenvalue weighted by Gasteiger charge is -2.45. The Kier molecular flexibility index (Phi) is 3.72. The fourth-order valence-electron chi connectivity index (χ4n) is 2.89. The van der Waals surface area contributed by atoms with Crippen LogP contribution in [0.1, 0.15) is 20.3 Å². The molecular formula is C15H24N2. The molecule has 1 heterocycles. The summed E-state index contributed by atoms with van der Waals surface area (Å²) in [6, 6.07) is 10.8. The van der Waals surface area contributed by atoms with Crippen LogP contribution < -0.4 is 10.2 Å². The van der Waals surface area contributed by atoms with E-state index in [-0.39, 0.29) is 0 Å². The summed E-state index contributed by atoms with van der Waals surface area (Å²) in [7, 11) is 2.06. The van der Waals surface area contributed by atoms with Crippen molar-refractivity contribution >= 4 is 5.69 Å². The molecule has 1 fully saturated rings. The van der Waals surface area contributed by atoms with Crippen molar-refractivity contribution in [1.29, 1.82) is 0 Å². The molecule has 0 amide bonds. The van der Waals surface area contributed by atoms with Crippen molar-refractivity contribution in [3.8, 4) is 0 Å². The minimum atomic E-state index is 0.386. The van der Waals surface area contributed by atoms with Crippen LogP contribution in [0.4, 0.5) is 5.69 Å². The van der Waals surface area contributed by atoms with Crippen molar-refractivity contribution in [2.75, 3.05) is 31.6 Å². The second-order valence-corrected chi connectivity index (χ2v) is 5.79. The number of hydrogen-bond donors (Lipinski definition) is 1. The number of para-hydroxylation sites is 1. The summed E-state index contributed by atoms with van der Waals surface area (Å²) in [6.07, 6.45) is 1.28. The van der Waals surface area contributed by atoms with E-state index < -0.39 is 0 Å². The Morgan fingerprint density at radius 1 is 1.29 bits per heavy atom. The summed E-state index contributed by atoms with van der Waals surface area (Å²) in [6.45, 7) is 8.26. The zero-order valence-electron chi connectivity index (χ0n) is 11.2. The molecule has 1 atom stereocenters. The number of nitrogens with zero attached hydrogens (tertiary/aromatic N) is 1. The van der Waals surface area contributed by atoms with Crippen LogP contribution in [0.5, 0.6) is 0 Å². The van der Waals surface area contributed by atoms with Crippen LogP contribution in [0.3, 0.4) is 0 Å². The molecule has 0 saturated carbocycles. The van der Waals surface area contributed by atoms with Gasteiger partial charge in [0.1, 0.15) is 0 Å². The third-order valence-electron chi connectivity index (χ3n) is 4.02. The second-order valence-electron chi connectivity index (χ2n) is 5.79. The molecule has 1 unspecified atom stereocenters. The van der Waals surface area contributed by atoms with Crippen LogP contribution in [0.25, 0.3) is 0 Å². The number of piperidine rings is 1. The molecule has 0 aromatic heterocycles. The van der Waals surface area contributed by atoms with Crippen molar-refractivity contribution in [2.24, 2.45) is 11.3 Å². The van der Waals surface area contributed by atoms with Gasteiger partial charge in [0, 0.05) is 18.8 Å². The van der Waals surface area contributed by atoms with Crippen molar-refractivity contribution in [3.63, 3.8) is 0 Å². The minimum absolute atomic E-state index is 0.386. The van der Waals surface area contributed by atoms with Gasteiger partial charge < -0.3 is 10.2 Å². The van der Waals surface area contributed by atoms with Gasteiger partial charge in [-0.25, -0.2) is 0 Å². The van der Waals surface area contributed by atoms with Crippen LogP contribution in [0, 0.1) is 11.3 Å². The number of rotatable bonds is 3. The van der Waals surface area contributed by atoms with Gasteiger partial charge >= 0.3 is 0 Å². The largest absolute Gasteiger partial charge is 0.371 e. The highest BCUT2D eigenvalue weighted by Crippen LogP contribution is 2.36. The van der Waals surface area contributed by atoms with E-state index in [2.05, 4.69) is 61.4 Å². The fraction of sp³-hybridized carbons (Fsp3) is 0.600. The van der Waals surface area contributed by atoms with E-state index in [9.17, 15) is 0 Å². The van der Waals surface area contributed by atoms with E-state index in [1.165, 1.54) is 18.7 Å². The highest BCUT2D eigenvalue weighted by molar-refractivity contribution is 5.46. The molecule has 2 nitrogen and oxygen atoms in total. The third kappa shape index (κ3) is 2.81. The molecule has 2 heteroatoms. The lowest BCUT2D eigenvalue weighted by Crippen LogP contribution is -2.48. The molecule has 0 radical (unpaired) electrons.